The summed E-state index contributed by atoms with van der Waals surface area (Å²) in [5.41, 5.74) is 0.962. The normalized spacial score (nSPS) is 17.3. The summed E-state index contributed by atoms with van der Waals surface area (Å²) >= 11 is 0. The topological polar surface area (TPSA) is 40.8 Å². The van der Waals surface area contributed by atoms with Crippen LogP contribution in [-0.4, -0.2) is 39.0 Å². The molecule has 4 nitrogen and oxygen atoms in total. The number of pyridine rings is 1. The van der Waals surface area contributed by atoms with Gasteiger partial charge in [0.25, 0.3) is 0 Å². The zero-order valence-corrected chi connectivity index (χ0v) is 10.5. The van der Waals surface area contributed by atoms with Crippen molar-refractivity contribution in [2.75, 3.05) is 19.6 Å². The van der Waals surface area contributed by atoms with Crippen LogP contribution in [0.1, 0.15) is 25.1 Å². The van der Waals surface area contributed by atoms with Gasteiger partial charge in [-0.3, -0.25) is 4.40 Å². The standard InChI is InChI=1S/C14H19N3O/c18-14-6-4-5-12-11-15-13(17(12)14)7-10-16-8-2-1-3-9-16/h4-6,11,18H,1-3,7-10H2. The number of imidazole rings is 1. The summed E-state index contributed by atoms with van der Waals surface area (Å²) in [4.78, 5) is 6.91. The number of hydrogen-bond donors (Lipinski definition) is 1. The number of rotatable bonds is 3. The highest BCUT2D eigenvalue weighted by molar-refractivity contribution is 5.48. The van der Waals surface area contributed by atoms with Crippen molar-refractivity contribution >= 4 is 5.52 Å². The van der Waals surface area contributed by atoms with Gasteiger partial charge in [0.05, 0.1) is 11.7 Å². The molecule has 18 heavy (non-hydrogen) atoms. The van der Waals surface area contributed by atoms with E-state index in [2.05, 4.69) is 9.88 Å². The molecule has 3 rings (SSSR count). The first kappa shape index (κ1) is 11.5. The van der Waals surface area contributed by atoms with Crippen LogP contribution in [0.4, 0.5) is 0 Å². The second-order valence-corrected chi connectivity index (χ2v) is 4.97. The zero-order chi connectivity index (χ0) is 12.4. The summed E-state index contributed by atoms with van der Waals surface area (Å²) < 4.78 is 1.84. The number of aromatic nitrogens is 2. The van der Waals surface area contributed by atoms with Crippen LogP contribution in [0, 0.1) is 0 Å². The third kappa shape index (κ3) is 2.20. The van der Waals surface area contributed by atoms with Gasteiger partial charge in [0.1, 0.15) is 5.82 Å². The highest BCUT2D eigenvalue weighted by Crippen LogP contribution is 2.17. The summed E-state index contributed by atoms with van der Waals surface area (Å²) in [5.74, 6) is 1.23. The molecule has 0 radical (unpaired) electrons. The molecule has 0 unspecified atom stereocenters. The van der Waals surface area contributed by atoms with Crippen LogP contribution in [0.25, 0.3) is 5.52 Å². The highest BCUT2D eigenvalue weighted by Gasteiger charge is 2.12. The lowest BCUT2D eigenvalue weighted by molar-refractivity contribution is 0.230. The average Bonchev–Trinajstić information content (AvgIpc) is 2.82. The molecule has 4 heteroatoms. The molecule has 2 aromatic heterocycles. The third-order valence-electron chi connectivity index (χ3n) is 3.70. The van der Waals surface area contributed by atoms with Crippen LogP contribution in [0.3, 0.4) is 0 Å². The molecule has 0 bridgehead atoms. The van der Waals surface area contributed by atoms with Crippen molar-refractivity contribution < 1.29 is 5.11 Å². The number of nitrogens with zero attached hydrogens (tertiary/aromatic N) is 3. The molecule has 96 valence electrons. The van der Waals surface area contributed by atoms with E-state index in [1.54, 1.807) is 6.07 Å². The summed E-state index contributed by atoms with van der Waals surface area (Å²) in [6.45, 7) is 3.44. The van der Waals surface area contributed by atoms with Gasteiger partial charge >= 0.3 is 0 Å². The second kappa shape index (κ2) is 4.98. The molecule has 0 saturated carbocycles. The molecule has 0 aliphatic carbocycles. The second-order valence-electron chi connectivity index (χ2n) is 4.97. The molecule has 1 fully saturated rings. The SMILES string of the molecule is Oc1cccc2cnc(CCN3CCCCC3)n12. The number of piperidine rings is 1. The predicted molar refractivity (Wildman–Crippen MR) is 70.9 cm³/mol. The van der Waals surface area contributed by atoms with Gasteiger partial charge in [-0.05, 0) is 38.1 Å². The van der Waals surface area contributed by atoms with E-state index >= 15 is 0 Å². The molecule has 0 spiro atoms. The van der Waals surface area contributed by atoms with Crippen molar-refractivity contribution in [3.63, 3.8) is 0 Å². The average molecular weight is 245 g/mol. The van der Waals surface area contributed by atoms with E-state index in [-0.39, 0.29) is 5.88 Å². The molecular formula is C14H19N3O. The fourth-order valence-electron chi connectivity index (χ4n) is 2.71. The summed E-state index contributed by atoms with van der Waals surface area (Å²) in [5, 5.41) is 9.89. The summed E-state index contributed by atoms with van der Waals surface area (Å²) in [6.07, 6.45) is 6.71. The van der Waals surface area contributed by atoms with Gasteiger partial charge in [0.15, 0.2) is 5.88 Å². The van der Waals surface area contributed by atoms with Gasteiger partial charge in [-0.15, -0.1) is 0 Å². The molecule has 3 heterocycles. The number of aromatic hydroxyl groups is 1. The van der Waals surface area contributed by atoms with E-state index in [0.717, 1.165) is 24.3 Å². The van der Waals surface area contributed by atoms with Crippen LogP contribution in [0.15, 0.2) is 24.4 Å². The Labute approximate surface area is 107 Å². The molecule has 1 saturated heterocycles. The molecule has 2 aromatic rings. The van der Waals surface area contributed by atoms with E-state index < -0.39 is 0 Å². The molecule has 0 atom stereocenters. The smallest absolute Gasteiger partial charge is 0.197 e. The lowest BCUT2D eigenvalue weighted by Gasteiger charge is -2.26. The van der Waals surface area contributed by atoms with E-state index in [4.69, 9.17) is 0 Å². The monoisotopic (exact) mass is 245 g/mol. The fraction of sp³-hybridized carbons (Fsp3) is 0.500. The predicted octanol–water partition coefficient (Wildman–Crippen LogP) is 2.07. The van der Waals surface area contributed by atoms with E-state index in [1.165, 1.54) is 32.4 Å². The largest absolute Gasteiger partial charge is 0.494 e. The van der Waals surface area contributed by atoms with E-state index in [1.807, 2.05) is 22.7 Å². The first-order chi connectivity index (χ1) is 8.84. The Bertz CT molecular complexity index is 529. The Morgan fingerprint density at radius 3 is 2.83 bits per heavy atom. The Hall–Kier alpha value is -1.55. The molecule has 1 N–H and O–H groups in total. The van der Waals surface area contributed by atoms with Crippen LogP contribution in [0.2, 0.25) is 0 Å². The number of likely N-dealkylation sites (tertiary alicyclic amines) is 1. The lowest BCUT2D eigenvalue weighted by Crippen LogP contribution is -2.31. The van der Waals surface area contributed by atoms with Crippen LogP contribution >= 0.6 is 0 Å². The van der Waals surface area contributed by atoms with Crippen molar-refractivity contribution in [3.05, 3.63) is 30.2 Å². The molecule has 1 aliphatic heterocycles. The van der Waals surface area contributed by atoms with Crippen LogP contribution in [0.5, 0.6) is 5.88 Å². The zero-order valence-electron chi connectivity index (χ0n) is 10.5. The maximum absolute atomic E-state index is 9.89. The maximum Gasteiger partial charge on any atom is 0.197 e. The number of fused-ring (bicyclic) bond motifs is 1. The van der Waals surface area contributed by atoms with E-state index in [0.29, 0.717) is 0 Å². The molecular weight excluding hydrogens is 226 g/mol. The maximum atomic E-state index is 9.89. The van der Waals surface area contributed by atoms with Gasteiger partial charge in [-0.25, -0.2) is 4.98 Å². The summed E-state index contributed by atoms with van der Waals surface area (Å²) in [6, 6.07) is 5.52. The van der Waals surface area contributed by atoms with Gasteiger partial charge in [0.2, 0.25) is 0 Å². The fourth-order valence-corrected chi connectivity index (χ4v) is 2.71. The first-order valence-electron chi connectivity index (χ1n) is 6.71. The highest BCUT2D eigenvalue weighted by atomic mass is 16.3. The Morgan fingerprint density at radius 1 is 1.17 bits per heavy atom. The quantitative estimate of drug-likeness (QED) is 0.900. The van der Waals surface area contributed by atoms with E-state index in [9.17, 15) is 5.11 Å². The number of hydrogen-bond acceptors (Lipinski definition) is 3. The van der Waals surface area contributed by atoms with Crippen molar-refractivity contribution in [1.29, 1.82) is 0 Å². The molecule has 0 aromatic carbocycles. The van der Waals surface area contributed by atoms with Crippen molar-refractivity contribution in [2.24, 2.45) is 0 Å². The van der Waals surface area contributed by atoms with Gasteiger partial charge in [-0.1, -0.05) is 12.5 Å². The van der Waals surface area contributed by atoms with Crippen LogP contribution < -0.4 is 0 Å². The minimum absolute atomic E-state index is 0.277. The van der Waals surface area contributed by atoms with Gasteiger partial charge in [-0.2, -0.15) is 0 Å². The minimum atomic E-state index is 0.277. The third-order valence-corrected chi connectivity index (χ3v) is 3.70. The van der Waals surface area contributed by atoms with Crippen molar-refractivity contribution in [2.45, 2.75) is 25.7 Å². The summed E-state index contributed by atoms with van der Waals surface area (Å²) in [7, 11) is 0. The Kier molecular flexibility index (Phi) is 3.19. The van der Waals surface area contributed by atoms with Gasteiger partial charge < -0.3 is 10.0 Å². The van der Waals surface area contributed by atoms with Gasteiger partial charge in [0, 0.05) is 13.0 Å². The first-order valence-corrected chi connectivity index (χ1v) is 6.71. The minimum Gasteiger partial charge on any atom is -0.494 e. The lowest BCUT2D eigenvalue weighted by atomic mass is 10.1. The molecule has 0 amide bonds. The molecule has 1 aliphatic rings. The van der Waals surface area contributed by atoms with Crippen molar-refractivity contribution in [1.82, 2.24) is 14.3 Å². The Morgan fingerprint density at radius 2 is 2.00 bits per heavy atom. The van der Waals surface area contributed by atoms with Crippen LogP contribution in [-0.2, 0) is 6.42 Å². The Balaban J connectivity index is 1.74. The van der Waals surface area contributed by atoms with Crippen molar-refractivity contribution in [3.8, 4) is 5.88 Å².